The lowest BCUT2D eigenvalue weighted by Gasteiger charge is -2.18. The Morgan fingerprint density at radius 1 is 1.31 bits per heavy atom. The molecule has 136 valence electrons. The number of benzene rings is 1. The van der Waals surface area contributed by atoms with E-state index in [2.05, 4.69) is 20.3 Å². The van der Waals surface area contributed by atoms with Gasteiger partial charge in [0.25, 0.3) is 0 Å². The van der Waals surface area contributed by atoms with Gasteiger partial charge in [-0.1, -0.05) is 30.7 Å². The Kier molecular flexibility index (Phi) is 5.08. The third-order valence-electron chi connectivity index (χ3n) is 4.24. The Morgan fingerprint density at radius 2 is 2.00 bits per heavy atom. The fraction of sp³-hybridized carbons (Fsp3) is 0.278. The molecule has 1 aromatic carbocycles. The first kappa shape index (κ1) is 18.1. The van der Waals surface area contributed by atoms with Crippen molar-refractivity contribution >= 4 is 28.7 Å². The van der Waals surface area contributed by atoms with E-state index in [0.29, 0.717) is 46.0 Å². The lowest BCUT2D eigenvalue weighted by atomic mass is 9.97. The van der Waals surface area contributed by atoms with Crippen molar-refractivity contribution in [2.75, 3.05) is 6.54 Å². The standard InChI is InChI=1S/C18H18ClFN4O2/c1-3-10(8-21-9(2)25)15-14(19)13(11-4-6-12(20)7-5-11)16-17(22-15)24-18(26)23-16/h4-7,10H,3,8H2,1-2H3,(H,21,25)(H2,22,23,24,26)/t10-/m1/s1. The van der Waals surface area contributed by atoms with E-state index in [0.717, 1.165) is 0 Å². The van der Waals surface area contributed by atoms with Gasteiger partial charge < -0.3 is 10.3 Å². The largest absolute Gasteiger partial charge is 0.356 e. The number of hydrogen-bond donors (Lipinski definition) is 3. The van der Waals surface area contributed by atoms with Crippen LogP contribution in [0.1, 0.15) is 31.9 Å². The van der Waals surface area contributed by atoms with E-state index in [1.807, 2.05) is 6.92 Å². The predicted molar refractivity (Wildman–Crippen MR) is 98.8 cm³/mol. The van der Waals surface area contributed by atoms with Gasteiger partial charge in [-0.2, -0.15) is 0 Å². The Bertz CT molecular complexity index is 1010. The van der Waals surface area contributed by atoms with E-state index in [1.165, 1.54) is 19.1 Å². The van der Waals surface area contributed by atoms with Crippen LogP contribution in [0.25, 0.3) is 22.3 Å². The molecule has 0 fully saturated rings. The van der Waals surface area contributed by atoms with Crippen molar-refractivity contribution in [1.29, 1.82) is 0 Å². The molecule has 1 atom stereocenters. The molecular formula is C18H18ClFN4O2. The van der Waals surface area contributed by atoms with E-state index in [-0.39, 0.29) is 17.6 Å². The predicted octanol–water partition coefficient (Wildman–Crippen LogP) is 3.34. The molecule has 3 rings (SSSR count). The molecule has 0 radical (unpaired) electrons. The van der Waals surface area contributed by atoms with Gasteiger partial charge >= 0.3 is 5.69 Å². The summed E-state index contributed by atoms with van der Waals surface area (Å²) in [6.07, 6.45) is 0.690. The van der Waals surface area contributed by atoms with Crippen molar-refractivity contribution in [1.82, 2.24) is 20.3 Å². The highest BCUT2D eigenvalue weighted by atomic mass is 35.5. The summed E-state index contributed by atoms with van der Waals surface area (Å²) in [6.45, 7) is 3.78. The number of rotatable bonds is 5. The van der Waals surface area contributed by atoms with E-state index in [4.69, 9.17) is 11.6 Å². The molecule has 0 aliphatic carbocycles. The third kappa shape index (κ3) is 3.48. The first-order valence-corrected chi connectivity index (χ1v) is 8.60. The number of carbonyl (C=O) groups is 1. The van der Waals surface area contributed by atoms with Crippen LogP contribution in [-0.2, 0) is 4.79 Å². The van der Waals surface area contributed by atoms with Crippen LogP contribution < -0.4 is 11.0 Å². The summed E-state index contributed by atoms with van der Waals surface area (Å²) in [5.74, 6) is -0.641. The second-order valence-electron chi connectivity index (χ2n) is 6.04. The number of carbonyl (C=O) groups excluding carboxylic acids is 1. The maximum atomic E-state index is 13.3. The maximum Gasteiger partial charge on any atom is 0.325 e. The molecule has 2 aromatic heterocycles. The zero-order valence-corrected chi connectivity index (χ0v) is 15.1. The summed E-state index contributed by atoms with van der Waals surface area (Å²) in [4.78, 5) is 32.9. The number of imidazole rings is 1. The van der Waals surface area contributed by atoms with E-state index < -0.39 is 5.69 Å². The zero-order valence-electron chi connectivity index (χ0n) is 14.3. The Morgan fingerprint density at radius 3 is 2.62 bits per heavy atom. The smallest absolute Gasteiger partial charge is 0.325 e. The van der Waals surface area contributed by atoms with Crippen LogP contribution in [0.15, 0.2) is 29.1 Å². The van der Waals surface area contributed by atoms with Crippen LogP contribution in [0.2, 0.25) is 5.02 Å². The van der Waals surface area contributed by atoms with Gasteiger partial charge in [-0.25, -0.2) is 14.2 Å². The number of fused-ring (bicyclic) bond motifs is 1. The number of nitrogens with one attached hydrogen (secondary N) is 3. The van der Waals surface area contributed by atoms with Crippen LogP contribution in [0.3, 0.4) is 0 Å². The Balaban J connectivity index is 2.22. The molecule has 0 aliphatic rings. The van der Waals surface area contributed by atoms with Crippen LogP contribution in [0.4, 0.5) is 4.39 Å². The van der Waals surface area contributed by atoms with Crippen LogP contribution in [0, 0.1) is 5.82 Å². The quantitative estimate of drug-likeness (QED) is 0.637. The number of pyridine rings is 1. The van der Waals surface area contributed by atoms with Gasteiger partial charge in [0.15, 0.2) is 5.65 Å². The molecule has 0 aliphatic heterocycles. The topological polar surface area (TPSA) is 90.6 Å². The second kappa shape index (κ2) is 7.29. The molecule has 0 saturated heterocycles. The molecule has 3 aromatic rings. The highest BCUT2D eigenvalue weighted by Crippen LogP contribution is 2.38. The van der Waals surface area contributed by atoms with E-state index >= 15 is 0 Å². The van der Waals surface area contributed by atoms with Gasteiger partial charge in [-0.3, -0.25) is 9.78 Å². The van der Waals surface area contributed by atoms with Crippen LogP contribution in [0.5, 0.6) is 0 Å². The van der Waals surface area contributed by atoms with Crippen molar-refractivity contribution in [3.05, 3.63) is 51.3 Å². The zero-order chi connectivity index (χ0) is 18.8. The lowest BCUT2D eigenvalue weighted by molar-refractivity contribution is -0.119. The summed E-state index contributed by atoms with van der Waals surface area (Å²) in [5, 5.41) is 3.15. The first-order chi connectivity index (χ1) is 12.4. The van der Waals surface area contributed by atoms with E-state index in [9.17, 15) is 14.0 Å². The van der Waals surface area contributed by atoms with Gasteiger partial charge in [0.1, 0.15) is 5.82 Å². The van der Waals surface area contributed by atoms with Crippen molar-refractivity contribution in [2.24, 2.45) is 0 Å². The minimum Gasteiger partial charge on any atom is -0.356 e. The highest BCUT2D eigenvalue weighted by Gasteiger charge is 2.22. The average Bonchev–Trinajstić information content (AvgIpc) is 2.96. The monoisotopic (exact) mass is 376 g/mol. The van der Waals surface area contributed by atoms with Crippen molar-refractivity contribution in [3.8, 4) is 11.1 Å². The van der Waals surface area contributed by atoms with Crippen molar-refractivity contribution in [3.63, 3.8) is 0 Å². The minimum atomic E-state index is -0.404. The fourth-order valence-corrected chi connectivity index (χ4v) is 3.31. The maximum absolute atomic E-state index is 13.3. The van der Waals surface area contributed by atoms with Gasteiger partial charge in [0.2, 0.25) is 5.91 Å². The molecule has 3 N–H and O–H groups in total. The summed E-state index contributed by atoms with van der Waals surface area (Å²) in [6, 6.07) is 5.85. The van der Waals surface area contributed by atoms with Crippen LogP contribution in [-0.4, -0.2) is 27.4 Å². The molecule has 0 spiro atoms. The summed E-state index contributed by atoms with van der Waals surface area (Å²) in [7, 11) is 0. The van der Waals surface area contributed by atoms with Crippen molar-refractivity contribution in [2.45, 2.75) is 26.2 Å². The molecule has 26 heavy (non-hydrogen) atoms. The number of aromatic nitrogens is 3. The number of hydrogen-bond acceptors (Lipinski definition) is 3. The summed E-state index contributed by atoms with van der Waals surface area (Å²) in [5.41, 5.74) is 2.24. The van der Waals surface area contributed by atoms with Gasteiger partial charge in [0.05, 0.1) is 16.2 Å². The fourth-order valence-electron chi connectivity index (χ4n) is 2.91. The van der Waals surface area contributed by atoms with Gasteiger partial charge in [-0.15, -0.1) is 0 Å². The van der Waals surface area contributed by atoms with Crippen molar-refractivity contribution < 1.29 is 9.18 Å². The Labute approximate surface area is 153 Å². The summed E-state index contributed by atoms with van der Waals surface area (Å²) < 4.78 is 13.3. The number of amides is 1. The average molecular weight is 377 g/mol. The number of aromatic amines is 2. The molecular weight excluding hydrogens is 359 g/mol. The summed E-state index contributed by atoms with van der Waals surface area (Å²) >= 11 is 6.66. The van der Waals surface area contributed by atoms with Gasteiger partial charge in [-0.05, 0) is 24.1 Å². The highest BCUT2D eigenvalue weighted by molar-refractivity contribution is 6.35. The molecule has 0 bridgehead atoms. The minimum absolute atomic E-state index is 0.131. The SMILES string of the molecule is CC[C@H](CNC(C)=O)c1nc2[nH]c(=O)[nH]c2c(-c2ccc(F)cc2)c1Cl. The third-order valence-corrected chi connectivity index (χ3v) is 4.63. The molecule has 2 heterocycles. The number of halogens is 2. The lowest BCUT2D eigenvalue weighted by Crippen LogP contribution is -2.26. The second-order valence-corrected chi connectivity index (χ2v) is 6.42. The first-order valence-electron chi connectivity index (χ1n) is 8.22. The number of H-pyrrole nitrogens is 2. The molecule has 0 saturated carbocycles. The Hall–Kier alpha value is -2.67. The molecule has 8 heteroatoms. The molecule has 1 amide bonds. The molecule has 0 unspecified atom stereocenters. The van der Waals surface area contributed by atoms with Gasteiger partial charge in [0, 0.05) is 24.9 Å². The van der Waals surface area contributed by atoms with E-state index in [1.54, 1.807) is 12.1 Å². The van der Waals surface area contributed by atoms with Crippen LogP contribution >= 0.6 is 11.6 Å². The normalized spacial score (nSPS) is 12.3. The number of nitrogens with zero attached hydrogens (tertiary/aromatic N) is 1. The molecule has 6 nitrogen and oxygen atoms in total.